The van der Waals surface area contributed by atoms with Gasteiger partial charge in [-0.15, -0.1) is 0 Å². The van der Waals surface area contributed by atoms with E-state index in [0.717, 1.165) is 11.1 Å². The van der Waals surface area contributed by atoms with Crippen LogP contribution in [0.25, 0.3) is 0 Å². The van der Waals surface area contributed by atoms with E-state index in [0.29, 0.717) is 26.3 Å². The Morgan fingerprint density at radius 3 is 2.47 bits per heavy atom. The first kappa shape index (κ1) is 16.0. The minimum Gasteiger partial charge on any atom is -0.377 e. The van der Waals surface area contributed by atoms with Crippen LogP contribution in [0.2, 0.25) is 0 Å². The van der Waals surface area contributed by atoms with E-state index in [9.17, 15) is 13.2 Å². The van der Waals surface area contributed by atoms with Crippen molar-refractivity contribution in [2.45, 2.75) is 39.1 Å². The number of hydrogen-bond donors (Lipinski definition) is 1. The molecule has 5 heteroatoms. The van der Waals surface area contributed by atoms with Gasteiger partial charge in [0.25, 0.3) is 0 Å². The lowest BCUT2D eigenvalue weighted by molar-refractivity contribution is -0.135. The second-order valence-corrected chi connectivity index (χ2v) is 4.30. The van der Waals surface area contributed by atoms with E-state index < -0.39 is 12.6 Å². The molecule has 0 heterocycles. The summed E-state index contributed by atoms with van der Waals surface area (Å²) < 4.78 is 41.3. The lowest BCUT2D eigenvalue weighted by Gasteiger charge is -2.11. The molecule has 0 saturated heterocycles. The zero-order chi connectivity index (χ0) is 14.1. The topological polar surface area (TPSA) is 21.3 Å². The zero-order valence-corrected chi connectivity index (χ0v) is 11.1. The van der Waals surface area contributed by atoms with Gasteiger partial charge in [-0.05, 0) is 31.0 Å². The molecule has 19 heavy (non-hydrogen) atoms. The lowest BCUT2D eigenvalue weighted by Crippen LogP contribution is -2.18. The maximum atomic E-state index is 12.0. The van der Waals surface area contributed by atoms with Crippen molar-refractivity contribution in [3.63, 3.8) is 0 Å². The molecule has 0 saturated carbocycles. The first-order valence-corrected chi connectivity index (χ1v) is 6.45. The van der Waals surface area contributed by atoms with Gasteiger partial charge >= 0.3 is 6.18 Å². The summed E-state index contributed by atoms with van der Waals surface area (Å²) in [6.07, 6.45) is -4.69. The van der Waals surface area contributed by atoms with Crippen molar-refractivity contribution in [2.24, 2.45) is 0 Å². The molecule has 1 rings (SSSR count). The van der Waals surface area contributed by atoms with Crippen LogP contribution in [0.4, 0.5) is 13.2 Å². The normalized spacial score (nSPS) is 11.8. The van der Waals surface area contributed by atoms with Crippen molar-refractivity contribution in [2.75, 3.05) is 13.2 Å². The average Bonchev–Trinajstić information content (AvgIpc) is 2.36. The van der Waals surface area contributed by atoms with Gasteiger partial charge in [0, 0.05) is 19.6 Å². The predicted molar refractivity (Wildman–Crippen MR) is 68.8 cm³/mol. The summed E-state index contributed by atoms with van der Waals surface area (Å²) in [4.78, 5) is 0. The molecular formula is C14H20F3NO. The van der Waals surface area contributed by atoms with E-state index in [-0.39, 0.29) is 6.42 Å². The van der Waals surface area contributed by atoms with Crippen LogP contribution in [0.5, 0.6) is 0 Å². The molecule has 0 radical (unpaired) electrons. The predicted octanol–water partition coefficient (Wildman–Crippen LogP) is 3.66. The molecule has 1 N–H and O–H groups in total. The van der Waals surface area contributed by atoms with E-state index in [2.05, 4.69) is 5.32 Å². The Hall–Kier alpha value is -1.07. The smallest absolute Gasteiger partial charge is 0.377 e. The summed E-state index contributed by atoms with van der Waals surface area (Å²) in [6.45, 7) is 4.05. The minimum absolute atomic E-state index is 0.108. The number of ether oxygens (including phenoxy) is 1. The van der Waals surface area contributed by atoms with Crippen LogP contribution in [0.15, 0.2) is 24.3 Å². The summed E-state index contributed by atoms with van der Waals surface area (Å²) in [7, 11) is 0. The maximum absolute atomic E-state index is 12.0. The molecule has 2 nitrogen and oxygen atoms in total. The lowest BCUT2D eigenvalue weighted by atomic mass is 10.1. The highest BCUT2D eigenvalue weighted by molar-refractivity contribution is 5.26. The van der Waals surface area contributed by atoms with E-state index in [1.165, 1.54) is 0 Å². The SMILES string of the molecule is CCOCc1ccccc1CNCCCC(F)(F)F. The first-order chi connectivity index (χ1) is 9.03. The molecule has 0 amide bonds. The number of rotatable bonds is 8. The average molecular weight is 275 g/mol. The van der Waals surface area contributed by atoms with Crippen LogP contribution < -0.4 is 5.32 Å². The summed E-state index contributed by atoms with van der Waals surface area (Å²) in [5.41, 5.74) is 2.15. The van der Waals surface area contributed by atoms with Crippen molar-refractivity contribution in [3.8, 4) is 0 Å². The largest absolute Gasteiger partial charge is 0.389 e. The van der Waals surface area contributed by atoms with Crippen LogP contribution in [-0.2, 0) is 17.9 Å². The van der Waals surface area contributed by atoms with Gasteiger partial charge in [-0.1, -0.05) is 24.3 Å². The molecule has 0 bridgehead atoms. The van der Waals surface area contributed by atoms with E-state index >= 15 is 0 Å². The van der Waals surface area contributed by atoms with Gasteiger partial charge in [0.15, 0.2) is 0 Å². The fourth-order valence-electron chi connectivity index (χ4n) is 1.72. The van der Waals surface area contributed by atoms with Gasteiger partial charge in [-0.25, -0.2) is 0 Å². The van der Waals surface area contributed by atoms with Crippen LogP contribution in [-0.4, -0.2) is 19.3 Å². The van der Waals surface area contributed by atoms with Gasteiger partial charge in [-0.3, -0.25) is 0 Å². The van der Waals surface area contributed by atoms with E-state index in [1.54, 1.807) is 0 Å². The Balaban J connectivity index is 2.32. The third kappa shape index (κ3) is 7.18. The van der Waals surface area contributed by atoms with Gasteiger partial charge < -0.3 is 10.1 Å². The highest BCUT2D eigenvalue weighted by atomic mass is 19.4. The molecule has 0 aliphatic rings. The van der Waals surface area contributed by atoms with Gasteiger partial charge in [0.05, 0.1) is 6.61 Å². The molecule has 1 aromatic rings. The molecule has 0 spiro atoms. The monoisotopic (exact) mass is 275 g/mol. The molecule has 0 aliphatic heterocycles. The quantitative estimate of drug-likeness (QED) is 0.731. The van der Waals surface area contributed by atoms with Crippen molar-refractivity contribution in [1.29, 1.82) is 0 Å². The number of hydrogen-bond acceptors (Lipinski definition) is 2. The second-order valence-electron chi connectivity index (χ2n) is 4.30. The fourth-order valence-corrected chi connectivity index (χ4v) is 1.72. The summed E-state index contributed by atoms with van der Waals surface area (Å²) in [5.74, 6) is 0. The molecule has 0 aliphatic carbocycles. The van der Waals surface area contributed by atoms with Gasteiger partial charge in [0.2, 0.25) is 0 Å². The number of alkyl halides is 3. The Bertz CT molecular complexity index is 366. The number of benzene rings is 1. The number of nitrogens with one attached hydrogen (secondary N) is 1. The van der Waals surface area contributed by atoms with Crippen molar-refractivity contribution in [3.05, 3.63) is 35.4 Å². The Labute approximate surface area is 112 Å². The third-order valence-corrected chi connectivity index (χ3v) is 2.71. The maximum Gasteiger partial charge on any atom is 0.389 e. The molecule has 0 aromatic heterocycles. The molecule has 108 valence electrons. The summed E-state index contributed by atoms with van der Waals surface area (Å²) in [5, 5.41) is 3.04. The first-order valence-electron chi connectivity index (χ1n) is 6.45. The highest BCUT2D eigenvalue weighted by Gasteiger charge is 2.25. The molecular weight excluding hydrogens is 255 g/mol. The number of halogens is 3. The highest BCUT2D eigenvalue weighted by Crippen LogP contribution is 2.20. The molecule has 0 fully saturated rings. The molecule has 1 aromatic carbocycles. The van der Waals surface area contributed by atoms with Crippen molar-refractivity contribution >= 4 is 0 Å². The second kappa shape index (κ2) is 8.17. The third-order valence-electron chi connectivity index (χ3n) is 2.71. The zero-order valence-electron chi connectivity index (χ0n) is 11.1. The fraction of sp³-hybridized carbons (Fsp3) is 0.571. The minimum atomic E-state index is -4.06. The molecule has 0 unspecified atom stereocenters. The Morgan fingerprint density at radius 2 is 1.84 bits per heavy atom. The van der Waals surface area contributed by atoms with Gasteiger partial charge in [-0.2, -0.15) is 13.2 Å². The summed E-state index contributed by atoms with van der Waals surface area (Å²) >= 11 is 0. The Morgan fingerprint density at radius 1 is 1.16 bits per heavy atom. The van der Waals surface area contributed by atoms with E-state index in [1.807, 2.05) is 31.2 Å². The van der Waals surface area contributed by atoms with Crippen molar-refractivity contribution < 1.29 is 17.9 Å². The molecule has 0 atom stereocenters. The standard InChI is InChI=1S/C14H20F3NO/c1-2-19-11-13-7-4-3-6-12(13)10-18-9-5-8-14(15,16)17/h3-4,6-7,18H,2,5,8-11H2,1H3. The van der Waals surface area contributed by atoms with Crippen LogP contribution in [0.1, 0.15) is 30.9 Å². The van der Waals surface area contributed by atoms with E-state index in [4.69, 9.17) is 4.74 Å². The van der Waals surface area contributed by atoms with Crippen LogP contribution in [0.3, 0.4) is 0 Å². The van der Waals surface area contributed by atoms with Crippen molar-refractivity contribution in [1.82, 2.24) is 5.32 Å². The van der Waals surface area contributed by atoms with Gasteiger partial charge in [0.1, 0.15) is 0 Å². The van der Waals surface area contributed by atoms with Crippen LogP contribution in [0, 0.1) is 0 Å². The Kier molecular flexibility index (Phi) is 6.87. The summed E-state index contributed by atoms with van der Waals surface area (Å²) in [6, 6.07) is 7.79. The van der Waals surface area contributed by atoms with Crippen LogP contribution >= 0.6 is 0 Å².